The predicted octanol–water partition coefficient (Wildman–Crippen LogP) is 5.86. The maximum Gasteiger partial charge on any atom is 0.329 e. The first-order chi connectivity index (χ1) is 19.3. The number of anilines is 1. The zero-order valence-electron chi connectivity index (χ0n) is 21.2. The third-order valence-corrected chi connectivity index (χ3v) is 6.82. The number of hydrogen-bond donors (Lipinski definition) is 2. The molecule has 0 spiro atoms. The van der Waals surface area contributed by atoms with Crippen LogP contribution in [0.5, 0.6) is 11.5 Å². The molecule has 0 aromatic heterocycles. The normalized spacial score (nSPS) is 14.0. The summed E-state index contributed by atoms with van der Waals surface area (Å²) in [7, 11) is 1.50. The minimum atomic E-state index is -0.763. The molecule has 1 fully saturated rings. The molecule has 40 heavy (non-hydrogen) atoms. The van der Waals surface area contributed by atoms with Gasteiger partial charge in [-0.1, -0.05) is 54.6 Å². The Hall–Kier alpha value is -4.70. The fraction of sp³-hybridized carbons (Fsp3) is 0.100. The summed E-state index contributed by atoms with van der Waals surface area (Å²) in [6, 6.07) is 22.3. The van der Waals surface area contributed by atoms with Crippen molar-refractivity contribution >= 4 is 56.3 Å². The smallest absolute Gasteiger partial charge is 0.329 e. The van der Waals surface area contributed by atoms with Gasteiger partial charge in [0.25, 0.3) is 5.91 Å². The molecular formula is C30H23BrFN3O5. The average molecular weight is 604 g/mol. The minimum absolute atomic E-state index is 0.0259. The third kappa shape index (κ3) is 5.67. The van der Waals surface area contributed by atoms with Crippen LogP contribution in [0.15, 0.2) is 89.0 Å². The number of imide groups is 1. The van der Waals surface area contributed by atoms with Crippen molar-refractivity contribution in [1.82, 2.24) is 10.2 Å². The zero-order valence-corrected chi connectivity index (χ0v) is 22.8. The van der Waals surface area contributed by atoms with Gasteiger partial charge in [-0.15, -0.1) is 0 Å². The van der Waals surface area contributed by atoms with Crippen LogP contribution in [0.4, 0.5) is 14.9 Å². The molecule has 1 aliphatic heterocycles. The SMILES string of the molecule is COc1cc(/C=C2\NC(=O)N(CC(=O)Nc3ccccc3F)C2=O)cc(Br)c1OCc1cccc2ccccc12. The van der Waals surface area contributed by atoms with Gasteiger partial charge < -0.3 is 20.1 Å². The van der Waals surface area contributed by atoms with Gasteiger partial charge in [-0.2, -0.15) is 0 Å². The van der Waals surface area contributed by atoms with Crippen molar-refractivity contribution in [1.29, 1.82) is 0 Å². The molecule has 0 saturated carbocycles. The Morgan fingerprint density at radius 2 is 1.80 bits per heavy atom. The van der Waals surface area contributed by atoms with E-state index in [4.69, 9.17) is 9.47 Å². The first-order valence-electron chi connectivity index (χ1n) is 12.2. The van der Waals surface area contributed by atoms with Crippen LogP contribution in [0.3, 0.4) is 0 Å². The Bertz CT molecular complexity index is 1670. The molecule has 0 atom stereocenters. The molecule has 1 heterocycles. The summed E-state index contributed by atoms with van der Waals surface area (Å²) in [5, 5.41) is 7.03. The van der Waals surface area contributed by atoms with E-state index in [1.165, 1.54) is 31.4 Å². The van der Waals surface area contributed by atoms with Crippen LogP contribution in [-0.4, -0.2) is 36.4 Å². The molecule has 8 nitrogen and oxygen atoms in total. The largest absolute Gasteiger partial charge is 0.493 e. The average Bonchev–Trinajstić information content (AvgIpc) is 3.20. The highest BCUT2D eigenvalue weighted by Crippen LogP contribution is 2.38. The minimum Gasteiger partial charge on any atom is -0.493 e. The number of hydrogen-bond acceptors (Lipinski definition) is 5. The highest BCUT2D eigenvalue weighted by Gasteiger charge is 2.35. The summed E-state index contributed by atoms with van der Waals surface area (Å²) in [6.45, 7) is -0.278. The van der Waals surface area contributed by atoms with Gasteiger partial charge in [0, 0.05) is 0 Å². The summed E-state index contributed by atoms with van der Waals surface area (Å²) in [6.07, 6.45) is 1.47. The van der Waals surface area contributed by atoms with Gasteiger partial charge in [-0.25, -0.2) is 14.1 Å². The van der Waals surface area contributed by atoms with Gasteiger partial charge in [0.05, 0.1) is 17.3 Å². The van der Waals surface area contributed by atoms with Gasteiger partial charge in [0.1, 0.15) is 24.7 Å². The van der Waals surface area contributed by atoms with E-state index < -0.39 is 30.2 Å². The fourth-order valence-electron chi connectivity index (χ4n) is 4.31. The molecular weight excluding hydrogens is 581 g/mol. The number of carbonyl (C=O) groups excluding carboxylic acids is 3. The van der Waals surface area contributed by atoms with Gasteiger partial charge in [-0.3, -0.25) is 9.59 Å². The number of rotatable bonds is 8. The number of halogens is 2. The van der Waals surface area contributed by atoms with E-state index in [1.54, 1.807) is 18.2 Å². The quantitative estimate of drug-likeness (QED) is 0.194. The van der Waals surface area contributed by atoms with Crippen molar-refractivity contribution in [3.05, 3.63) is 106 Å². The van der Waals surface area contributed by atoms with Crippen molar-refractivity contribution < 1.29 is 28.2 Å². The monoisotopic (exact) mass is 603 g/mol. The number of carbonyl (C=O) groups is 3. The maximum absolute atomic E-state index is 13.8. The maximum atomic E-state index is 13.8. The van der Waals surface area contributed by atoms with Crippen molar-refractivity contribution in [3.8, 4) is 11.5 Å². The van der Waals surface area contributed by atoms with Crippen LogP contribution in [0.2, 0.25) is 0 Å². The van der Waals surface area contributed by atoms with Crippen LogP contribution in [-0.2, 0) is 16.2 Å². The van der Waals surface area contributed by atoms with E-state index >= 15 is 0 Å². The predicted molar refractivity (Wildman–Crippen MR) is 152 cm³/mol. The number of urea groups is 1. The molecule has 2 N–H and O–H groups in total. The molecule has 0 unspecified atom stereocenters. The van der Waals surface area contributed by atoms with Gasteiger partial charge in [0.2, 0.25) is 5.91 Å². The van der Waals surface area contributed by atoms with Crippen LogP contribution >= 0.6 is 15.9 Å². The molecule has 4 aromatic rings. The Balaban J connectivity index is 1.31. The second-order valence-corrected chi connectivity index (χ2v) is 9.72. The topological polar surface area (TPSA) is 97.0 Å². The summed E-state index contributed by atoms with van der Waals surface area (Å²) in [4.78, 5) is 38.5. The summed E-state index contributed by atoms with van der Waals surface area (Å²) in [5.74, 6) is -1.14. The Morgan fingerprint density at radius 3 is 2.60 bits per heavy atom. The van der Waals surface area contributed by atoms with Gasteiger partial charge in [-0.05, 0) is 68.2 Å². The second kappa shape index (κ2) is 11.6. The lowest BCUT2D eigenvalue weighted by molar-refractivity contribution is -0.127. The molecule has 0 radical (unpaired) electrons. The van der Waals surface area contributed by atoms with E-state index in [-0.39, 0.29) is 11.4 Å². The Labute approximate surface area is 237 Å². The summed E-state index contributed by atoms with van der Waals surface area (Å²) in [5.41, 5.74) is 1.48. The summed E-state index contributed by atoms with van der Waals surface area (Å²) >= 11 is 3.52. The van der Waals surface area contributed by atoms with Crippen LogP contribution in [0.1, 0.15) is 11.1 Å². The molecule has 5 rings (SSSR count). The number of nitrogens with one attached hydrogen (secondary N) is 2. The van der Waals surface area contributed by atoms with Crippen molar-refractivity contribution in [2.75, 3.05) is 19.0 Å². The van der Waals surface area contributed by atoms with Crippen molar-refractivity contribution in [3.63, 3.8) is 0 Å². The molecule has 0 aliphatic carbocycles. The van der Waals surface area contributed by atoms with Gasteiger partial charge in [0.15, 0.2) is 11.5 Å². The highest BCUT2D eigenvalue weighted by molar-refractivity contribution is 9.10. The van der Waals surface area contributed by atoms with E-state index in [0.29, 0.717) is 28.1 Å². The lowest BCUT2D eigenvalue weighted by Gasteiger charge is -2.15. The molecule has 4 aromatic carbocycles. The lowest BCUT2D eigenvalue weighted by Crippen LogP contribution is -2.38. The van der Waals surface area contributed by atoms with Gasteiger partial charge >= 0.3 is 6.03 Å². The van der Waals surface area contributed by atoms with E-state index in [1.807, 2.05) is 42.5 Å². The highest BCUT2D eigenvalue weighted by atomic mass is 79.9. The number of benzene rings is 4. The van der Waals surface area contributed by atoms with E-state index in [0.717, 1.165) is 21.2 Å². The number of fused-ring (bicyclic) bond motifs is 1. The first kappa shape index (κ1) is 26.9. The number of para-hydroxylation sites is 1. The Morgan fingerprint density at radius 1 is 1.05 bits per heavy atom. The fourth-order valence-corrected chi connectivity index (χ4v) is 4.88. The third-order valence-electron chi connectivity index (χ3n) is 6.23. The molecule has 10 heteroatoms. The van der Waals surface area contributed by atoms with Crippen LogP contribution in [0, 0.1) is 5.82 Å². The van der Waals surface area contributed by atoms with E-state index in [9.17, 15) is 18.8 Å². The molecule has 4 amide bonds. The number of amides is 4. The molecule has 0 bridgehead atoms. The van der Waals surface area contributed by atoms with Crippen molar-refractivity contribution in [2.45, 2.75) is 6.61 Å². The molecule has 1 aliphatic rings. The number of nitrogens with zero attached hydrogens (tertiary/aromatic N) is 1. The molecule has 1 saturated heterocycles. The Kier molecular flexibility index (Phi) is 7.79. The van der Waals surface area contributed by atoms with Crippen LogP contribution in [0.25, 0.3) is 16.8 Å². The zero-order chi connectivity index (χ0) is 28.2. The number of methoxy groups -OCH3 is 1. The second-order valence-electron chi connectivity index (χ2n) is 8.87. The van der Waals surface area contributed by atoms with Crippen LogP contribution < -0.4 is 20.1 Å². The standard InChI is InChI=1S/C30H23BrFN3O5/c1-39-26-15-18(13-22(31)28(26)40-17-20-9-6-8-19-7-2-3-10-21(19)20)14-25-29(37)35(30(38)34-25)16-27(36)33-24-12-5-4-11-23(24)32/h2-15H,16-17H2,1H3,(H,33,36)(H,34,38)/b25-14-. The van der Waals surface area contributed by atoms with Crippen molar-refractivity contribution in [2.24, 2.45) is 0 Å². The molecule has 202 valence electrons. The lowest BCUT2D eigenvalue weighted by atomic mass is 10.1. The summed E-state index contributed by atoms with van der Waals surface area (Å²) < 4.78 is 26.1. The first-order valence-corrected chi connectivity index (χ1v) is 13.0. The number of ether oxygens (including phenoxy) is 2. The van der Waals surface area contributed by atoms with E-state index in [2.05, 4.69) is 26.6 Å².